The quantitative estimate of drug-likeness (QED) is 0.676. The van der Waals surface area contributed by atoms with Gasteiger partial charge < -0.3 is 0 Å². The Morgan fingerprint density at radius 2 is 2.33 bits per heavy atom. The Kier molecular flexibility index (Phi) is 3.30. The number of hydrogen-bond acceptors (Lipinski definition) is 0. The molecule has 1 aromatic carbocycles. The van der Waals surface area contributed by atoms with Gasteiger partial charge in [-0.15, -0.1) is 11.6 Å². The molecule has 0 aromatic heterocycles. The van der Waals surface area contributed by atoms with Crippen LogP contribution in [0.2, 0.25) is 0 Å². The molecule has 1 aromatic rings. The Hall–Kier alpha value is -0.560. The molecule has 0 amide bonds. The average Bonchev–Trinajstić information content (AvgIpc) is 2.63. The van der Waals surface area contributed by atoms with Gasteiger partial charge in [0.15, 0.2) is 0 Å². The third-order valence-corrected chi connectivity index (χ3v) is 3.78. The Labute approximate surface area is 95.4 Å². The van der Waals surface area contributed by atoms with Gasteiger partial charge in [0.25, 0.3) is 0 Å². The van der Waals surface area contributed by atoms with Crippen molar-refractivity contribution in [1.82, 2.24) is 0 Å². The van der Waals surface area contributed by atoms with Crippen LogP contribution in [0, 0.1) is 5.82 Å². The van der Waals surface area contributed by atoms with Gasteiger partial charge in [0, 0.05) is 11.3 Å². The van der Waals surface area contributed by atoms with Gasteiger partial charge in [-0.05, 0) is 36.5 Å². The van der Waals surface area contributed by atoms with Crippen molar-refractivity contribution in [3.63, 3.8) is 0 Å². The maximum Gasteiger partial charge on any atom is 0.126 e. The molecule has 0 saturated heterocycles. The molecule has 2 rings (SSSR count). The van der Waals surface area contributed by atoms with Gasteiger partial charge in [0.1, 0.15) is 5.82 Å². The van der Waals surface area contributed by atoms with E-state index in [0.29, 0.717) is 5.92 Å². The SMILES string of the molecule is CCCC(Cl)C1CCc2c(F)cccc21. The largest absolute Gasteiger partial charge is 0.207 e. The van der Waals surface area contributed by atoms with Crippen molar-refractivity contribution in [3.8, 4) is 0 Å². The molecule has 2 atom stereocenters. The Bertz CT molecular complexity index is 348. The van der Waals surface area contributed by atoms with Crippen LogP contribution in [0.5, 0.6) is 0 Å². The van der Waals surface area contributed by atoms with Crippen molar-refractivity contribution in [2.75, 3.05) is 0 Å². The van der Waals surface area contributed by atoms with E-state index < -0.39 is 0 Å². The number of hydrogen-bond donors (Lipinski definition) is 0. The standard InChI is InChI=1S/C13H16ClF/c1-2-4-12(14)10-7-8-11-9(10)5-3-6-13(11)15/h3,5-6,10,12H,2,4,7-8H2,1H3. The number of alkyl halides is 1. The van der Waals surface area contributed by atoms with E-state index in [2.05, 4.69) is 6.92 Å². The summed E-state index contributed by atoms with van der Waals surface area (Å²) < 4.78 is 13.5. The molecule has 2 unspecified atom stereocenters. The van der Waals surface area contributed by atoms with Crippen molar-refractivity contribution in [2.24, 2.45) is 0 Å². The molecule has 82 valence electrons. The lowest BCUT2D eigenvalue weighted by atomic mass is 9.95. The fraction of sp³-hybridized carbons (Fsp3) is 0.538. The summed E-state index contributed by atoms with van der Waals surface area (Å²) >= 11 is 6.34. The molecule has 0 bridgehead atoms. The van der Waals surface area contributed by atoms with Crippen LogP contribution in [0.15, 0.2) is 18.2 Å². The summed E-state index contributed by atoms with van der Waals surface area (Å²) in [6.07, 6.45) is 3.96. The fourth-order valence-corrected chi connectivity index (χ4v) is 2.97. The Balaban J connectivity index is 2.25. The topological polar surface area (TPSA) is 0 Å². The van der Waals surface area contributed by atoms with Crippen molar-refractivity contribution >= 4 is 11.6 Å². The van der Waals surface area contributed by atoms with Gasteiger partial charge in [-0.2, -0.15) is 0 Å². The first-order valence-electron chi connectivity index (χ1n) is 5.65. The first kappa shape index (κ1) is 10.9. The van der Waals surface area contributed by atoms with Crippen LogP contribution in [0.4, 0.5) is 4.39 Å². The zero-order valence-corrected chi connectivity index (χ0v) is 9.73. The highest BCUT2D eigenvalue weighted by Gasteiger charge is 2.29. The first-order chi connectivity index (χ1) is 7.24. The number of rotatable bonds is 3. The second-order valence-corrected chi connectivity index (χ2v) is 4.82. The number of benzene rings is 1. The van der Waals surface area contributed by atoms with Crippen molar-refractivity contribution in [2.45, 2.75) is 43.9 Å². The Morgan fingerprint density at radius 1 is 1.53 bits per heavy atom. The number of fused-ring (bicyclic) bond motifs is 1. The van der Waals surface area contributed by atoms with Gasteiger partial charge in [-0.3, -0.25) is 0 Å². The highest BCUT2D eigenvalue weighted by Crippen LogP contribution is 2.39. The summed E-state index contributed by atoms with van der Waals surface area (Å²) in [5.74, 6) is 0.299. The maximum atomic E-state index is 13.5. The van der Waals surface area contributed by atoms with Crippen LogP contribution in [0.3, 0.4) is 0 Å². The van der Waals surface area contributed by atoms with Crippen molar-refractivity contribution in [1.29, 1.82) is 0 Å². The van der Waals surface area contributed by atoms with Gasteiger partial charge in [0.2, 0.25) is 0 Å². The van der Waals surface area contributed by atoms with E-state index in [1.807, 2.05) is 6.07 Å². The molecule has 0 radical (unpaired) electrons. The summed E-state index contributed by atoms with van der Waals surface area (Å²) in [6.45, 7) is 2.14. The normalized spacial score (nSPS) is 21.4. The van der Waals surface area contributed by atoms with E-state index in [0.717, 1.165) is 36.8 Å². The lowest BCUT2D eigenvalue weighted by Gasteiger charge is -2.17. The van der Waals surface area contributed by atoms with Crippen molar-refractivity contribution in [3.05, 3.63) is 35.1 Å². The predicted molar refractivity (Wildman–Crippen MR) is 62.0 cm³/mol. The Morgan fingerprint density at radius 3 is 3.07 bits per heavy atom. The minimum Gasteiger partial charge on any atom is -0.207 e. The van der Waals surface area contributed by atoms with Gasteiger partial charge >= 0.3 is 0 Å². The predicted octanol–water partition coefficient (Wildman–Crippen LogP) is 4.26. The van der Waals surface area contributed by atoms with E-state index in [-0.39, 0.29) is 11.2 Å². The lowest BCUT2D eigenvalue weighted by Crippen LogP contribution is -2.09. The highest BCUT2D eigenvalue weighted by molar-refractivity contribution is 6.21. The molecule has 2 heteroatoms. The summed E-state index contributed by atoms with van der Waals surface area (Å²) in [7, 11) is 0. The number of halogens is 2. The summed E-state index contributed by atoms with van der Waals surface area (Å²) in [6, 6.07) is 5.37. The molecule has 15 heavy (non-hydrogen) atoms. The third kappa shape index (κ3) is 2.03. The third-order valence-electron chi connectivity index (χ3n) is 3.26. The second kappa shape index (κ2) is 4.52. The smallest absolute Gasteiger partial charge is 0.126 e. The van der Waals surface area contributed by atoms with Crippen LogP contribution in [0.1, 0.15) is 43.2 Å². The van der Waals surface area contributed by atoms with Crippen LogP contribution in [0.25, 0.3) is 0 Å². The molecular formula is C13H16ClF. The van der Waals surface area contributed by atoms with E-state index in [4.69, 9.17) is 11.6 Å². The molecule has 0 aliphatic heterocycles. The minimum absolute atomic E-state index is 0.0598. The zero-order valence-electron chi connectivity index (χ0n) is 8.97. The average molecular weight is 227 g/mol. The monoisotopic (exact) mass is 226 g/mol. The summed E-state index contributed by atoms with van der Waals surface area (Å²) in [5.41, 5.74) is 2.03. The summed E-state index contributed by atoms with van der Waals surface area (Å²) in [5, 5.41) is 0.165. The van der Waals surface area contributed by atoms with Crippen LogP contribution in [-0.4, -0.2) is 5.38 Å². The van der Waals surface area contributed by atoms with E-state index >= 15 is 0 Å². The lowest BCUT2D eigenvalue weighted by molar-refractivity contribution is 0.588. The molecule has 0 saturated carbocycles. The van der Waals surface area contributed by atoms with E-state index in [9.17, 15) is 4.39 Å². The first-order valence-corrected chi connectivity index (χ1v) is 6.09. The van der Waals surface area contributed by atoms with Crippen molar-refractivity contribution < 1.29 is 4.39 Å². The van der Waals surface area contributed by atoms with Gasteiger partial charge in [0.05, 0.1) is 0 Å². The van der Waals surface area contributed by atoms with Crippen LogP contribution < -0.4 is 0 Å². The second-order valence-electron chi connectivity index (χ2n) is 4.26. The molecule has 0 nitrogen and oxygen atoms in total. The van der Waals surface area contributed by atoms with Gasteiger partial charge in [-0.1, -0.05) is 25.5 Å². The van der Waals surface area contributed by atoms with E-state index in [1.165, 1.54) is 0 Å². The fourth-order valence-electron chi connectivity index (χ4n) is 2.49. The van der Waals surface area contributed by atoms with Crippen LogP contribution in [-0.2, 0) is 6.42 Å². The molecule has 0 N–H and O–H groups in total. The molecular weight excluding hydrogens is 211 g/mol. The molecule has 1 aliphatic rings. The minimum atomic E-state index is -0.0598. The highest BCUT2D eigenvalue weighted by atomic mass is 35.5. The maximum absolute atomic E-state index is 13.5. The molecule has 0 spiro atoms. The molecule has 0 fully saturated rings. The van der Waals surface area contributed by atoms with E-state index in [1.54, 1.807) is 12.1 Å². The summed E-state index contributed by atoms with van der Waals surface area (Å²) in [4.78, 5) is 0. The van der Waals surface area contributed by atoms with Gasteiger partial charge in [-0.25, -0.2) is 4.39 Å². The molecule has 0 heterocycles. The van der Waals surface area contributed by atoms with Crippen LogP contribution >= 0.6 is 11.6 Å². The molecule has 1 aliphatic carbocycles. The zero-order chi connectivity index (χ0) is 10.8.